The number of nitrogens with one attached hydrogen (secondary N) is 2. The van der Waals surface area contributed by atoms with Crippen molar-refractivity contribution in [1.82, 2.24) is 20.6 Å². The fourth-order valence-electron chi connectivity index (χ4n) is 3.02. The van der Waals surface area contributed by atoms with Crippen molar-refractivity contribution in [3.05, 3.63) is 71.2 Å². The van der Waals surface area contributed by atoms with Gasteiger partial charge in [-0.2, -0.15) is 26.3 Å². The zero-order valence-corrected chi connectivity index (χ0v) is 15.9. The number of para-hydroxylation sites is 1. The third-order valence-electron chi connectivity index (χ3n) is 4.48. The summed E-state index contributed by atoms with van der Waals surface area (Å²) < 4.78 is 79.6. The molecule has 2 heterocycles. The van der Waals surface area contributed by atoms with Gasteiger partial charge in [-0.15, -0.1) is 0 Å². The van der Waals surface area contributed by atoms with Crippen LogP contribution in [0.5, 0.6) is 0 Å². The number of fused-ring (bicyclic) bond motifs is 1. The molecule has 0 fully saturated rings. The Bertz CT molecular complexity index is 1020. The minimum absolute atomic E-state index is 0.149. The van der Waals surface area contributed by atoms with Gasteiger partial charge in [0.25, 0.3) is 0 Å². The van der Waals surface area contributed by atoms with E-state index in [0.717, 1.165) is 11.6 Å². The molecule has 0 saturated heterocycles. The number of nitrogens with zero attached hydrogens (tertiary/aromatic N) is 2. The van der Waals surface area contributed by atoms with E-state index >= 15 is 0 Å². The first-order valence-electron chi connectivity index (χ1n) is 9.16. The number of halogens is 6. The van der Waals surface area contributed by atoms with E-state index in [-0.39, 0.29) is 17.5 Å². The molecule has 3 N–H and O–H groups in total. The molecule has 0 saturated carbocycles. The van der Waals surface area contributed by atoms with Crippen LogP contribution in [0.4, 0.5) is 26.3 Å². The van der Waals surface area contributed by atoms with Gasteiger partial charge in [0.05, 0.1) is 11.1 Å². The van der Waals surface area contributed by atoms with Crippen molar-refractivity contribution >= 4 is 10.9 Å². The summed E-state index contributed by atoms with van der Waals surface area (Å²) in [7, 11) is 0. The van der Waals surface area contributed by atoms with E-state index in [4.69, 9.17) is 0 Å². The molecule has 3 rings (SSSR count). The molecule has 1 atom stereocenters. The lowest BCUT2D eigenvalue weighted by molar-refractivity contribution is -0.142. The van der Waals surface area contributed by atoms with Crippen molar-refractivity contribution in [2.24, 2.45) is 0 Å². The number of pyridine rings is 2. The minimum atomic E-state index is -4.98. The highest BCUT2D eigenvalue weighted by Gasteiger charge is 2.37. The third-order valence-corrected chi connectivity index (χ3v) is 4.48. The van der Waals surface area contributed by atoms with Crippen LogP contribution in [0.1, 0.15) is 28.6 Å². The van der Waals surface area contributed by atoms with Gasteiger partial charge in [-0.3, -0.25) is 10.3 Å². The molecule has 0 aliphatic rings. The van der Waals surface area contributed by atoms with Crippen molar-refractivity contribution in [3.8, 4) is 0 Å². The number of hydrogen-bond acceptors (Lipinski definition) is 5. The molecule has 0 bridgehead atoms. The lowest BCUT2D eigenvalue weighted by Crippen LogP contribution is -2.30. The van der Waals surface area contributed by atoms with Crippen LogP contribution in [0.3, 0.4) is 0 Å². The molecular weight excluding hydrogens is 426 g/mol. The van der Waals surface area contributed by atoms with Crippen LogP contribution in [0.25, 0.3) is 10.9 Å². The maximum atomic E-state index is 13.3. The van der Waals surface area contributed by atoms with Gasteiger partial charge < -0.3 is 10.4 Å². The monoisotopic (exact) mass is 444 g/mol. The Morgan fingerprint density at radius 2 is 1.65 bits per heavy atom. The number of rotatable bonds is 7. The van der Waals surface area contributed by atoms with E-state index in [1.165, 1.54) is 6.07 Å². The zero-order chi connectivity index (χ0) is 22.6. The van der Waals surface area contributed by atoms with Gasteiger partial charge in [0.15, 0.2) is 0 Å². The largest absolute Gasteiger partial charge is 0.433 e. The van der Waals surface area contributed by atoms with Gasteiger partial charge in [-0.25, -0.2) is 4.98 Å². The van der Waals surface area contributed by atoms with Crippen molar-refractivity contribution in [2.75, 3.05) is 13.1 Å². The normalized spacial score (nSPS) is 13.5. The molecule has 0 spiro atoms. The Kier molecular flexibility index (Phi) is 6.77. The second kappa shape index (κ2) is 9.16. The van der Waals surface area contributed by atoms with E-state index in [1.54, 1.807) is 24.5 Å². The highest BCUT2D eigenvalue weighted by atomic mass is 19.4. The lowest BCUT2D eigenvalue weighted by atomic mass is 10.0. The summed E-state index contributed by atoms with van der Waals surface area (Å²) in [5.41, 5.74) is -3.05. The molecule has 3 aromatic rings. The average molecular weight is 444 g/mol. The van der Waals surface area contributed by atoms with Crippen LogP contribution in [0.15, 0.2) is 48.8 Å². The minimum Gasteiger partial charge on any atom is -0.374 e. The first-order valence-corrected chi connectivity index (χ1v) is 9.16. The first kappa shape index (κ1) is 22.9. The van der Waals surface area contributed by atoms with Crippen LogP contribution in [0.2, 0.25) is 0 Å². The molecule has 31 heavy (non-hydrogen) atoms. The Hall–Kier alpha value is -2.76. The molecule has 0 aliphatic heterocycles. The van der Waals surface area contributed by atoms with Crippen LogP contribution < -0.4 is 10.6 Å². The van der Waals surface area contributed by atoms with Crippen molar-refractivity contribution in [2.45, 2.75) is 25.1 Å². The van der Waals surface area contributed by atoms with E-state index in [2.05, 4.69) is 20.6 Å². The molecule has 0 radical (unpaired) electrons. The lowest BCUT2D eigenvalue weighted by Gasteiger charge is -2.19. The summed E-state index contributed by atoms with van der Waals surface area (Å²) in [6, 6.07) is 7.07. The number of alkyl halides is 6. The second-order valence-electron chi connectivity index (χ2n) is 6.68. The molecule has 166 valence electrons. The topological polar surface area (TPSA) is 70.1 Å². The highest BCUT2D eigenvalue weighted by Crippen LogP contribution is 2.38. The van der Waals surface area contributed by atoms with Crippen LogP contribution in [0, 0.1) is 0 Å². The van der Waals surface area contributed by atoms with E-state index in [1.807, 2.05) is 0 Å². The van der Waals surface area contributed by atoms with Gasteiger partial charge in [-0.1, -0.05) is 12.1 Å². The summed E-state index contributed by atoms with van der Waals surface area (Å²) in [4.78, 5) is 7.09. The van der Waals surface area contributed by atoms with Crippen molar-refractivity contribution in [3.63, 3.8) is 0 Å². The molecule has 11 heteroatoms. The quantitative estimate of drug-likeness (QED) is 0.292. The molecule has 1 unspecified atom stereocenters. The molecule has 0 aliphatic carbocycles. The van der Waals surface area contributed by atoms with Gasteiger partial charge >= 0.3 is 12.4 Å². The number of aliphatic hydroxyl groups excluding tert-OH is 1. The summed E-state index contributed by atoms with van der Waals surface area (Å²) in [6.45, 7) is 1.00. The smallest absolute Gasteiger partial charge is 0.374 e. The number of aromatic nitrogens is 2. The predicted octanol–water partition coefficient (Wildman–Crippen LogP) is 4.04. The fraction of sp³-hybridized carbons (Fsp3) is 0.300. The molecule has 0 amide bonds. The Morgan fingerprint density at radius 1 is 0.935 bits per heavy atom. The summed E-state index contributed by atoms with van der Waals surface area (Å²) in [5.74, 6) is 0. The zero-order valence-electron chi connectivity index (χ0n) is 15.9. The van der Waals surface area contributed by atoms with Gasteiger partial charge in [0, 0.05) is 43.0 Å². The van der Waals surface area contributed by atoms with Gasteiger partial charge in [-0.05, 0) is 29.8 Å². The van der Waals surface area contributed by atoms with E-state index < -0.39 is 35.4 Å². The standard InChI is InChI=1S/C20H18F6N4O/c21-19(22,23)15-3-1-2-13-14(10-16(20(24,25)26)30-17(13)15)18(31)29-9-8-28-11-12-4-6-27-7-5-12/h1-7,10,18,28-29,31H,8-9,11H2. The maximum Gasteiger partial charge on any atom is 0.433 e. The highest BCUT2D eigenvalue weighted by molar-refractivity contribution is 5.86. The van der Waals surface area contributed by atoms with E-state index in [0.29, 0.717) is 25.2 Å². The van der Waals surface area contributed by atoms with Crippen molar-refractivity contribution in [1.29, 1.82) is 0 Å². The average Bonchev–Trinajstić information content (AvgIpc) is 2.71. The second-order valence-corrected chi connectivity index (χ2v) is 6.68. The SMILES string of the molecule is OC(NCCNCc1ccncc1)c1cc(C(F)(F)F)nc2c(C(F)(F)F)cccc12. The first-order chi connectivity index (χ1) is 14.6. The van der Waals surface area contributed by atoms with Gasteiger partial charge in [0.2, 0.25) is 0 Å². The summed E-state index contributed by atoms with van der Waals surface area (Å²) in [6.07, 6.45) is -8.25. The Balaban J connectivity index is 1.81. The van der Waals surface area contributed by atoms with Crippen LogP contribution in [-0.2, 0) is 18.9 Å². The molecular formula is C20H18F6N4O. The van der Waals surface area contributed by atoms with Crippen LogP contribution in [-0.4, -0.2) is 28.2 Å². The molecule has 1 aromatic carbocycles. The summed E-state index contributed by atoms with van der Waals surface area (Å²) >= 11 is 0. The summed E-state index contributed by atoms with van der Waals surface area (Å²) in [5, 5.41) is 15.9. The third kappa shape index (κ3) is 5.69. The van der Waals surface area contributed by atoms with Crippen LogP contribution >= 0.6 is 0 Å². The fourth-order valence-corrected chi connectivity index (χ4v) is 3.02. The van der Waals surface area contributed by atoms with E-state index in [9.17, 15) is 31.4 Å². The molecule has 5 nitrogen and oxygen atoms in total. The van der Waals surface area contributed by atoms with Gasteiger partial charge in [0.1, 0.15) is 11.9 Å². The predicted molar refractivity (Wildman–Crippen MR) is 101 cm³/mol. The maximum absolute atomic E-state index is 13.3. The Morgan fingerprint density at radius 3 is 2.29 bits per heavy atom. The van der Waals surface area contributed by atoms with Crippen molar-refractivity contribution < 1.29 is 31.4 Å². The molecule has 2 aromatic heterocycles. The number of hydrogen-bond donors (Lipinski definition) is 3. The number of benzene rings is 1. The Labute approximate surface area is 173 Å². The number of aliphatic hydroxyl groups is 1.